The molecule has 24 heavy (non-hydrogen) atoms. The van der Waals surface area contributed by atoms with E-state index in [2.05, 4.69) is 10.9 Å². The minimum Gasteiger partial charge on any atom is -0.300 e. The minimum absolute atomic E-state index is 0.266. The van der Waals surface area contributed by atoms with E-state index in [4.69, 9.17) is 5.26 Å². The maximum Gasteiger partial charge on any atom is 0.428 e. The van der Waals surface area contributed by atoms with Crippen LogP contribution in [0, 0.1) is 11.3 Å². The number of allylic oxidation sites excluding steroid dienone is 1. The lowest BCUT2D eigenvalue weighted by molar-refractivity contribution is -0.0879. The zero-order chi connectivity index (χ0) is 17.4. The Kier molecular flexibility index (Phi) is 6.15. The maximum atomic E-state index is 13.1. The van der Waals surface area contributed by atoms with Crippen LogP contribution in [0.25, 0.3) is 0 Å². The van der Waals surface area contributed by atoms with Crippen molar-refractivity contribution in [3.63, 3.8) is 0 Å². The molecule has 0 saturated heterocycles. The molecule has 2 aromatic rings. The summed E-state index contributed by atoms with van der Waals surface area (Å²) in [7, 11) is 0. The standard InChI is InChI=1S/C17H14F3N3S/c18-17(19,20)15(11-21)16(23-22-14-9-5-2-6-10-14)24-12-13-7-3-1-4-8-13/h1-10,22-23H,12H2. The van der Waals surface area contributed by atoms with Crippen LogP contribution in [0.2, 0.25) is 0 Å². The van der Waals surface area contributed by atoms with Crippen LogP contribution in [-0.2, 0) is 5.75 Å². The first-order valence-corrected chi connectivity index (χ1v) is 7.94. The van der Waals surface area contributed by atoms with E-state index in [9.17, 15) is 13.2 Å². The molecule has 0 bridgehead atoms. The highest BCUT2D eigenvalue weighted by Gasteiger charge is 2.37. The smallest absolute Gasteiger partial charge is 0.300 e. The van der Waals surface area contributed by atoms with Crippen LogP contribution in [0.1, 0.15) is 5.56 Å². The Morgan fingerprint density at radius 2 is 1.58 bits per heavy atom. The summed E-state index contributed by atoms with van der Waals surface area (Å²) in [6.45, 7) is 0. The molecule has 0 aromatic heterocycles. The van der Waals surface area contributed by atoms with E-state index in [0.717, 1.165) is 17.3 Å². The number of benzene rings is 2. The van der Waals surface area contributed by atoms with Gasteiger partial charge in [0, 0.05) is 5.75 Å². The van der Waals surface area contributed by atoms with Gasteiger partial charge in [0.1, 0.15) is 11.1 Å². The van der Waals surface area contributed by atoms with Crippen molar-refractivity contribution in [1.29, 1.82) is 5.26 Å². The average Bonchev–Trinajstić information content (AvgIpc) is 2.58. The molecule has 2 N–H and O–H groups in total. The number of para-hydroxylation sites is 1. The molecule has 0 unspecified atom stereocenters. The van der Waals surface area contributed by atoms with Crippen LogP contribution >= 0.6 is 11.8 Å². The van der Waals surface area contributed by atoms with Crippen molar-refractivity contribution in [2.75, 3.05) is 5.43 Å². The van der Waals surface area contributed by atoms with Crippen LogP contribution in [0.3, 0.4) is 0 Å². The molecule has 0 aliphatic carbocycles. The highest BCUT2D eigenvalue weighted by Crippen LogP contribution is 2.32. The molecule has 124 valence electrons. The summed E-state index contributed by atoms with van der Waals surface area (Å²) >= 11 is 0.917. The third-order valence-electron chi connectivity index (χ3n) is 2.94. The van der Waals surface area contributed by atoms with Gasteiger partial charge in [-0.05, 0) is 17.7 Å². The highest BCUT2D eigenvalue weighted by atomic mass is 32.2. The van der Waals surface area contributed by atoms with Gasteiger partial charge in [0.2, 0.25) is 0 Å². The number of halogens is 3. The lowest BCUT2D eigenvalue weighted by Gasteiger charge is -2.16. The summed E-state index contributed by atoms with van der Waals surface area (Å²) < 4.78 is 39.2. The highest BCUT2D eigenvalue weighted by molar-refractivity contribution is 8.02. The van der Waals surface area contributed by atoms with Crippen LogP contribution in [0.4, 0.5) is 18.9 Å². The second-order valence-electron chi connectivity index (χ2n) is 4.70. The number of nitrogens with one attached hydrogen (secondary N) is 2. The fraction of sp³-hybridized carbons (Fsp3) is 0.118. The quantitative estimate of drug-likeness (QED) is 0.579. The van der Waals surface area contributed by atoms with E-state index >= 15 is 0 Å². The van der Waals surface area contributed by atoms with Crippen molar-refractivity contribution in [3.05, 3.63) is 76.8 Å². The molecule has 0 saturated carbocycles. The summed E-state index contributed by atoms with van der Waals surface area (Å²) in [6.07, 6.45) is -4.72. The Hall–Kier alpha value is -2.59. The number of thioether (sulfide) groups is 1. The van der Waals surface area contributed by atoms with Crippen LogP contribution in [-0.4, -0.2) is 6.18 Å². The first-order chi connectivity index (χ1) is 11.5. The minimum atomic E-state index is -4.72. The van der Waals surface area contributed by atoms with Crippen molar-refractivity contribution < 1.29 is 13.2 Å². The Labute approximate surface area is 142 Å². The van der Waals surface area contributed by atoms with Crippen molar-refractivity contribution in [1.82, 2.24) is 5.43 Å². The third-order valence-corrected chi connectivity index (χ3v) is 4.02. The monoisotopic (exact) mass is 349 g/mol. The summed E-state index contributed by atoms with van der Waals surface area (Å²) in [4.78, 5) is 0. The van der Waals surface area contributed by atoms with Crippen LogP contribution in [0.5, 0.6) is 0 Å². The molecule has 0 fully saturated rings. The molecule has 0 aliphatic rings. The van der Waals surface area contributed by atoms with Gasteiger partial charge in [-0.3, -0.25) is 5.43 Å². The van der Waals surface area contributed by atoms with Crippen molar-refractivity contribution in [3.8, 4) is 6.07 Å². The molecule has 0 radical (unpaired) electrons. The molecule has 0 heterocycles. The Bertz CT molecular complexity index is 677. The van der Waals surface area contributed by atoms with Gasteiger partial charge in [-0.15, -0.1) is 11.8 Å². The van der Waals surface area contributed by atoms with E-state index in [1.807, 2.05) is 30.3 Å². The largest absolute Gasteiger partial charge is 0.428 e. The zero-order valence-electron chi connectivity index (χ0n) is 12.5. The average molecular weight is 349 g/mol. The van der Waals surface area contributed by atoms with Gasteiger partial charge in [-0.1, -0.05) is 48.5 Å². The predicted molar refractivity (Wildman–Crippen MR) is 89.6 cm³/mol. The van der Waals surface area contributed by atoms with Crippen molar-refractivity contribution >= 4 is 17.4 Å². The van der Waals surface area contributed by atoms with E-state index in [-0.39, 0.29) is 5.03 Å². The predicted octanol–water partition coefficient (Wildman–Crippen LogP) is 4.83. The summed E-state index contributed by atoms with van der Waals surface area (Å²) in [6, 6.07) is 19.0. The first kappa shape index (κ1) is 17.8. The summed E-state index contributed by atoms with van der Waals surface area (Å²) in [5, 5.41) is 8.65. The number of hydrazine groups is 1. The van der Waals surface area contributed by atoms with Gasteiger partial charge in [-0.2, -0.15) is 18.4 Å². The molecule has 2 aromatic carbocycles. The molecule has 0 aliphatic heterocycles. The van der Waals surface area contributed by atoms with Gasteiger partial charge in [-0.25, -0.2) is 0 Å². The fourth-order valence-electron chi connectivity index (χ4n) is 1.79. The Morgan fingerprint density at radius 3 is 2.12 bits per heavy atom. The van der Waals surface area contributed by atoms with E-state index < -0.39 is 11.7 Å². The molecular weight excluding hydrogens is 335 g/mol. The van der Waals surface area contributed by atoms with E-state index in [0.29, 0.717) is 11.4 Å². The molecule has 7 heteroatoms. The number of rotatable bonds is 6. The van der Waals surface area contributed by atoms with Crippen LogP contribution < -0.4 is 10.9 Å². The number of anilines is 1. The SMILES string of the molecule is N#CC(=C(NNc1ccccc1)SCc1ccccc1)C(F)(F)F. The topological polar surface area (TPSA) is 47.9 Å². The lowest BCUT2D eigenvalue weighted by Crippen LogP contribution is -2.25. The number of nitriles is 1. The second-order valence-corrected chi connectivity index (χ2v) is 5.69. The van der Waals surface area contributed by atoms with E-state index in [1.165, 1.54) is 6.07 Å². The number of hydrogen-bond donors (Lipinski definition) is 2. The van der Waals surface area contributed by atoms with Gasteiger partial charge in [0.15, 0.2) is 5.57 Å². The van der Waals surface area contributed by atoms with Gasteiger partial charge in [0.25, 0.3) is 0 Å². The van der Waals surface area contributed by atoms with Crippen molar-refractivity contribution in [2.45, 2.75) is 11.9 Å². The number of nitrogens with zero attached hydrogens (tertiary/aromatic N) is 1. The first-order valence-electron chi connectivity index (χ1n) is 6.96. The molecule has 2 rings (SSSR count). The zero-order valence-corrected chi connectivity index (χ0v) is 13.3. The third kappa shape index (κ3) is 5.25. The number of alkyl halides is 3. The van der Waals surface area contributed by atoms with Gasteiger partial charge < -0.3 is 5.43 Å². The molecule has 3 nitrogen and oxygen atoms in total. The van der Waals surface area contributed by atoms with E-state index in [1.54, 1.807) is 30.3 Å². The molecule has 0 atom stereocenters. The normalized spacial score (nSPS) is 12.1. The Balaban J connectivity index is 2.18. The molecule has 0 amide bonds. The van der Waals surface area contributed by atoms with Gasteiger partial charge in [0.05, 0.1) is 5.69 Å². The van der Waals surface area contributed by atoms with Gasteiger partial charge >= 0.3 is 6.18 Å². The molecular formula is C17H14F3N3S. The Morgan fingerprint density at radius 1 is 1.00 bits per heavy atom. The maximum absolute atomic E-state index is 13.1. The summed E-state index contributed by atoms with van der Waals surface area (Å²) in [5.74, 6) is 0.306. The van der Waals surface area contributed by atoms with Crippen LogP contribution in [0.15, 0.2) is 71.3 Å². The molecule has 0 spiro atoms. The number of hydrogen-bond acceptors (Lipinski definition) is 4. The van der Waals surface area contributed by atoms with Crippen molar-refractivity contribution in [2.24, 2.45) is 0 Å². The second kappa shape index (κ2) is 8.31. The fourth-order valence-corrected chi connectivity index (χ4v) is 2.73. The lowest BCUT2D eigenvalue weighted by atomic mass is 10.2. The summed E-state index contributed by atoms with van der Waals surface area (Å²) in [5.41, 5.74) is 5.40.